The fourth-order valence-corrected chi connectivity index (χ4v) is 4.37. The summed E-state index contributed by atoms with van der Waals surface area (Å²) in [5, 5.41) is 1.32. The molecule has 1 fully saturated rings. The van der Waals surface area contributed by atoms with E-state index >= 15 is 0 Å². The van der Waals surface area contributed by atoms with Gasteiger partial charge >= 0.3 is 6.09 Å². The van der Waals surface area contributed by atoms with Crippen molar-refractivity contribution in [3.63, 3.8) is 0 Å². The maximum Gasteiger partial charge on any atom is 0.409 e. The largest absolute Gasteiger partial charge is 0.449 e. The highest BCUT2D eigenvalue weighted by Crippen LogP contribution is 2.30. The standard InChI is InChI=1S/C27H30ClN5O3/c1-4-5-14-36-27(35)32-12-13-33(25(29)17-32)26(34)19-8-11-21-22(28)16-23(30-24(21)15-19)18-6-9-20(10-7-18)31(2)3/h4,6-11,15-16,25H,1,5,12-14,17,29H2,2-3H3. The quantitative estimate of drug-likeness (QED) is 0.393. The summed E-state index contributed by atoms with van der Waals surface area (Å²) in [7, 11) is 3.97. The number of hydrogen-bond donors (Lipinski definition) is 1. The van der Waals surface area contributed by atoms with E-state index in [9.17, 15) is 9.59 Å². The molecule has 188 valence electrons. The number of hydrogen-bond acceptors (Lipinski definition) is 6. The van der Waals surface area contributed by atoms with E-state index in [0.29, 0.717) is 35.6 Å². The van der Waals surface area contributed by atoms with Gasteiger partial charge < -0.3 is 25.2 Å². The number of nitrogens with zero attached hydrogens (tertiary/aromatic N) is 4. The molecule has 2 aromatic carbocycles. The molecule has 1 unspecified atom stereocenters. The van der Waals surface area contributed by atoms with Crippen LogP contribution in [-0.2, 0) is 4.74 Å². The van der Waals surface area contributed by atoms with Crippen LogP contribution in [0.1, 0.15) is 16.8 Å². The van der Waals surface area contributed by atoms with E-state index in [0.717, 1.165) is 22.3 Å². The predicted molar refractivity (Wildman–Crippen MR) is 143 cm³/mol. The maximum atomic E-state index is 13.3. The molecule has 9 heteroatoms. The fraction of sp³-hybridized carbons (Fsp3) is 0.296. The Labute approximate surface area is 215 Å². The molecule has 0 aliphatic carbocycles. The van der Waals surface area contributed by atoms with Gasteiger partial charge in [-0.15, -0.1) is 6.58 Å². The monoisotopic (exact) mass is 507 g/mol. The molecule has 0 saturated carbocycles. The van der Waals surface area contributed by atoms with Crippen molar-refractivity contribution in [3.05, 3.63) is 71.8 Å². The smallest absolute Gasteiger partial charge is 0.409 e. The number of benzene rings is 2. The van der Waals surface area contributed by atoms with Gasteiger partial charge in [-0.25, -0.2) is 9.78 Å². The van der Waals surface area contributed by atoms with E-state index in [1.54, 1.807) is 29.2 Å². The summed E-state index contributed by atoms with van der Waals surface area (Å²) in [6.07, 6.45) is 1.19. The summed E-state index contributed by atoms with van der Waals surface area (Å²) in [6, 6.07) is 15.1. The molecular weight excluding hydrogens is 478 g/mol. The summed E-state index contributed by atoms with van der Waals surface area (Å²) < 4.78 is 5.21. The van der Waals surface area contributed by atoms with Crippen LogP contribution in [-0.4, -0.2) is 73.3 Å². The van der Waals surface area contributed by atoms with Gasteiger partial charge in [-0.3, -0.25) is 4.79 Å². The molecule has 0 bridgehead atoms. The summed E-state index contributed by atoms with van der Waals surface area (Å²) in [6.45, 7) is 4.73. The molecule has 1 aliphatic rings. The number of anilines is 1. The first-order valence-corrected chi connectivity index (χ1v) is 12.1. The first-order chi connectivity index (χ1) is 17.3. The summed E-state index contributed by atoms with van der Waals surface area (Å²) >= 11 is 6.57. The lowest BCUT2D eigenvalue weighted by atomic mass is 10.1. The van der Waals surface area contributed by atoms with Gasteiger partial charge in [0.25, 0.3) is 5.91 Å². The summed E-state index contributed by atoms with van der Waals surface area (Å²) in [5.74, 6) is -0.220. The number of carbonyl (C=O) groups is 2. The number of fused-ring (bicyclic) bond motifs is 1. The van der Waals surface area contributed by atoms with Crippen molar-refractivity contribution in [1.29, 1.82) is 0 Å². The predicted octanol–water partition coefficient (Wildman–Crippen LogP) is 4.38. The molecule has 1 atom stereocenters. The number of aromatic nitrogens is 1. The van der Waals surface area contributed by atoms with Gasteiger partial charge in [0.05, 0.1) is 35.6 Å². The van der Waals surface area contributed by atoms with Gasteiger partial charge in [-0.1, -0.05) is 35.9 Å². The van der Waals surface area contributed by atoms with Crippen LogP contribution in [0.3, 0.4) is 0 Å². The van der Waals surface area contributed by atoms with E-state index < -0.39 is 12.3 Å². The number of piperazine rings is 1. The molecule has 4 rings (SSSR count). The SMILES string of the molecule is C=CCCOC(=O)N1CCN(C(=O)c2ccc3c(Cl)cc(-c4ccc(N(C)C)cc4)nc3c2)C(N)C1. The molecule has 1 aromatic heterocycles. The van der Waals surface area contributed by atoms with Crippen molar-refractivity contribution in [2.75, 3.05) is 45.2 Å². The highest BCUT2D eigenvalue weighted by atomic mass is 35.5. The molecular formula is C27H30ClN5O3. The Morgan fingerprint density at radius 3 is 2.61 bits per heavy atom. The third kappa shape index (κ3) is 5.45. The molecule has 3 aromatic rings. The average molecular weight is 508 g/mol. The van der Waals surface area contributed by atoms with Crippen molar-refractivity contribution in [2.24, 2.45) is 5.73 Å². The molecule has 1 aliphatic heterocycles. The lowest BCUT2D eigenvalue weighted by molar-refractivity contribution is 0.0395. The zero-order chi connectivity index (χ0) is 25.8. The van der Waals surface area contributed by atoms with E-state index in [-0.39, 0.29) is 19.1 Å². The van der Waals surface area contributed by atoms with Crippen LogP contribution in [0.2, 0.25) is 5.02 Å². The highest BCUT2D eigenvalue weighted by Gasteiger charge is 2.31. The van der Waals surface area contributed by atoms with Crippen LogP contribution in [0.5, 0.6) is 0 Å². The Morgan fingerprint density at radius 2 is 1.94 bits per heavy atom. The number of nitrogens with two attached hydrogens (primary N) is 1. The lowest BCUT2D eigenvalue weighted by Crippen LogP contribution is -2.60. The van der Waals surface area contributed by atoms with Gasteiger partial charge in [0, 0.05) is 49.4 Å². The molecule has 2 heterocycles. The normalized spacial score (nSPS) is 15.6. The lowest BCUT2D eigenvalue weighted by Gasteiger charge is -2.39. The van der Waals surface area contributed by atoms with E-state index in [4.69, 9.17) is 27.1 Å². The number of rotatable bonds is 6. The fourth-order valence-electron chi connectivity index (χ4n) is 4.11. The Hall–Kier alpha value is -3.62. The maximum absolute atomic E-state index is 13.3. The molecule has 0 radical (unpaired) electrons. The number of pyridine rings is 1. The van der Waals surface area contributed by atoms with E-state index in [1.165, 1.54) is 4.90 Å². The third-order valence-corrected chi connectivity index (χ3v) is 6.48. The molecule has 8 nitrogen and oxygen atoms in total. The first-order valence-electron chi connectivity index (χ1n) is 11.8. The van der Waals surface area contributed by atoms with Crippen molar-refractivity contribution >= 4 is 40.2 Å². The summed E-state index contributed by atoms with van der Waals surface area (Å²) in [5.41, 5.74) is 10.1. The minimum Gasteiger partial charge on any atom is -0.449 e. The Bertz CT molecular complexity index is 1280. The number of amides is 2. The number of carbonyl (C=O) groups excluding carboxylic acids is 2. The van der Waals surface area contributed by atoms with Crippen LogP contribution in [0.15, 0.2) is 61.2 Å². The van der Waals surface area contributed by atoms with Gasteiger partial charge in [0.15, 0.2) is 0 Å². The molecule has 2 N–H and O–H groups in total. The van der Waals surface area contributed by atoms with E-state index in [2.05, 4.69) is 6.58 Å². The minimum absolute atomic E-state index is 0.198. The average Bonchev–Trinajstić information content (AvgIpc) is 2.88. The number of halogens is 1. The van der Waals surface area contributed by atoms with Gasteiger partial charge in [-0.2, -0.15) is 0 Å². The molecule has 1 saturated heterocycles. The Balaban J connectivity index is 1.53. The second-order valence-corrected chi connectivity index (χ2v) is 9.27. The Kier molecular flexibility index (Phi) is 7.76. The van der Waals surface area contributed by atoms with Crippen molar-refractivity contribution in [2.45, 2.75) is 12.6 Å². The van der Waals surface area contributed by atoms with Crippen molar-refractivity contribution < 1.29 is 14.3 Å². The van der Waals surface area contributed by atoms with Gasteiger partial charge in [0.1, 0.15) is 0 Å². The highest BCUT2D eigenvalue weighted by molar-refractivity contribution is 6.35. The summed E-state index contributed by atoms with van der Waals surface area (Å²) in [4.78, 5) is 35.4. The van der Waals surface area contributed by atoms with Crippen LogP contribution in [0.25, 0.3) is 22.2 Å². The van der Waals surface area contributed by atoms with Crippen molar-refractivity contribution in [3.8, 4) is 11.3 Å². The third-order valence-electron chi connectivity index (χ3n) is 6.17. The minimum atomic E-state index is -0.646. The molecule has 0 spiro atoms. The van der Waals surface area contributed by atoms with Crippen molar-refractivity contribution in [1.82, 2.24) is 14.8 Å². The number of ether oxygens (including phenoxy) is 1. The topological polar surface area (TPSA) is 92.0 Å². The van der Waals surface area contributed by atoms with Gasteiger partial charge in [0.2, 0.25) is 0 Å². The second kappa shape index (κ2) is 11.0. The molecule has 2 amide bonds. The van der Waals surface area contributed by atoms with Crippen LogP contribution >= 0.6 is 11.6 Å². The van der Waals surface area contributed by atoms with Crippen LogP contribution in [0.4, 0.5) is 10.5 Å². The second-order valence-electron chi connectivity index (χ2n) is 8.87. The Morgan fingerprint density at radius 1 is 1.19 bits per heavy atom. The van der Waals surface area contributed by atoms with Crippen LogP contribution in [0, 0.1) is 0 Å². The van der Waals surface area contributed by atoms with E-state index in [1.807, 2.05) is 49.3 Å². The molecule has 36 heavy (non-hydrogen) atoms. The van der Waals surface area contributed by atoms with Gasteiger partial charge in [-0.05, 0) is 36.8 Å². The van der Waals surface area contributed by atoms with Crippen LogP contribution < -0.4 is 10.6 Å². The zero-order valence-electron chi connectivity index (χ0n) is 20.5. The first kappa shape index (κ1) is 25.5. The zero-order valence-corrected chi connectivity index (χ0v) is 21.2.